The molecule has 2 amide bonds. The Labute approximate surface area is 247 Å². The summed E-state index contributed by atoms with van der Waals surface area (Å²) in [5.74, 6) is 0.0150. The quantitative estimate of drug-likeness (QED) is 0.336. The third kappa shape index (κ3) is 6.23. The van der Waals surface area contributed by atoms with Gasteiger partial charge < -0.3 is 30.1 Å². The molecule has 0 saturated carbocycles. The molecule has 2 aromatic heterocycles. The van der Waals surface area contributed by atoms with Gasteiger partial charge in [-0.25, -0.2) is 15.0 Å². The van der Waals surface area contributed by atoms with Gasteiger partial charge >= 0.3 is 0 Å². The summed E-state index contributed by atoms with van der Waals surface area (Å²) in [6.45, 7) is 2.85. The van der Waals surface area contributed by atoms with Gasteiger partial charge in [-0.2, -0.15) is 0 Å². The molecule has 3 N–H and O–H groups in total. The largest absolute Gasteiger partial charge is 0.481 e. The van der Waals surface area contributed by atoms with E-state index >= 15 is 0 Å². The number of methoxy groups -OCH3 is 1. The van der Waals surface area contributed by atoms with Crippen molar-refractivity contribution in [2.75, 3.05) is 32.2 Å². The number of nitrogens with zero attached hydrogens (tertiary/aromatic N) is 4. The van der Waals surface area contributed by atoms with E-state index in [0.29, 0.717) is 52.4 Å². The van der Waals surface area contributed by atoms with Gasteiger partial charge in [-0.05, 0) is 31.4 Å². The van der Waals surface area contributed by atoms with Crippen molar-refractivity contribution in [3.8, 4) is 17.1 Å². The predicted octanol–water partition coefficient (Wildman–Crippen LogP) is 3.64. The number of pyridine rings is 1. The van der Waals surface area contributed by atoms with Gasteiger partial charge in [-0.1, -0.05) is 35.3 Å². The van der Waals surface area contributed by atoms with Crippen LogP contribution in [0, 0.1) is 0 Å². The normalized spacial score (nSPS) is 16.7. The van der Waals surface area contributed by atoms with Gasteiger partial charge in [-0.3, -0.25) is 9.59 Å². The lowest BCUT2D eigenvalue weighted by molar-refractivity contribution is -0.126. The fourth-order valence-corrected chi connectivity index (χ4v) is 5.35. The Morgan fingerprint density at radius 3 is 2.68 bits per heavy atom. The maximum Gasteiger partial charge on any atom is 0.255 e. The molecule has 4 heterocycles. The van der Waals surface area contributed by atoms with Gasteiger partial charge in [0.05, 0.1) is 41.7 Å². The molecular formula is C28H30Cl2N6O5. The molecule has 2 aliphatic rings. The first-order chi connectivity index (χ1) is 19.8. The highest BCUT2D eigenvalue weighted by Crippen LogP contribution is 2.33. The summed E-state index contributed by atoms with van der Waals surface area (Å²) in [6.07, 6.45) is 4.65. The Bertz CT molecular complexity index is 1450. The lowest BCUT2D eigenvalue weighted by Gasteiger charge is -2.26. The summed E-state index contributed by atoms with van der Waals surface area (Å²) in [4.78, 5) is 41.1. The average molecular weight is 601 g/mol. The van der Waals surface area contributed by atoms with Crippen molar-refractivity contribution in [2.24, 2.45) is 0 Å². The minimum Gasteiger partial charge on any atom is -0.481 e. The molecule has 0 bridgehead atoms. The Morgan fingerprint density at radius 2 is 1.95 bits per heavy atom. The molecule has 1 fully saturated rings. The van der Waals surface area contributed by atoms with Crippen LogP contribution in [0.2, 0.25) is 10.0 Å². The average Bonchev–Trinajstić information content (AvgIpc) is 3.32. The molecule has 3 aromatic rings. The predicted molar refractivity (Wildman–Crippen MR) is 153 cm³/mol. The number of aliphatic hydroxyl groups excluding tert-OH is 1. The second-order valence-corrected chi connectivity index (χ2v) is 10.7. The van der Waals surface area contributed by atoms with Gasteiger partial charge in [-0.15, -0.1) is 0 Å². The van der Waals surface area contributed by atoms with E-state index in [4.69, 9.17) is 32.7 Å². The Kier molecular flexibility index (Phi) is 8.88. The summed E-state index contributed by atoms with van der Waals surface area (Å²) in [7, 11) is 1.46. The van der Waals surface area contributed by atoms with Crippen molar-refractivity contribution in [2.45, 2.75) is 44.4 Å². The zero-order chi connectivity index (χ0) is 29.1. The van der Waals surface area contributed by atoms with Crippen LogP contribution in [0.25, 0.3) is 11.3 Å². The second kappa shape index (κ2) is 12.6. The molecule has 0 radical (unpaired) electrons. The van der Waals surface area contributed by atoms with E-state index in [2.05, 4.69) is 25.6 Å². The van der Waals surface area contributed by atoms with Crippen LogP contribution < -0.4 is 15.4 Å². The molecule has 41 heavy (non-hydrogen) atoms. The Morgan fingerprint density at radius 1 is 1.20 bits per heavy atom. The Balaban J connectivity index is 1.31. The fourth-order valence-electron chi connectivity index (χ4n) is 4.92. The lowest BCUT2D eigenvalue weighted by atomic mass is 10.0. The van der Waals surface area contributed by atoms with Crippen LogP contribution in [-0.4, -0.2) is 75.8 Å². The van der Waals surface area contributed by atoms with Crippen LogP contribution in [0.3, 0.4) is 0 Å². The van der Waals surface area contributed by atoms with Crippen LogP contribution in [0.5, 0.6) is 5.88 Å². The number of amides is 2. The van der Waals surface area contributed by atoms with Crippen molar-refractivity contribution in [3.05, 3.63) is 63.4 Å². The number of hydrogen-bond acceptors (Lipinski definition) is 9. The summed E-state index contributed by atoms with van der Waals surface area (Å²) in [6, 6.07) is 5.56. The molecule has 1 saturated heterocycles. The molecule has 11 nitrogen and oxygen atoms in total. The first kappa shape index (κ1) is 29.0. The molecular weight excluding hydrogens is 571 g/mol. The smallest absolute Gasteiger partial charge is 0.255 e. The maximum absolute atomic E-state index is 13.5. The third-order valence-corrected chi connectivity index (χ3v) is 7.90. The number of rotatable bonds is 9. The van der Waals surface area contributed by atoms with Crippen LogP contribution in [0.15, 0.2) is 36.7 Å². The highest BCUT2D eigenvalue weighted by molar-refractivity contribution is 6.33. The molecule has 216 valence electrons. The monoisotopic (exact) mass is 600 g/mol. The number of carbonyl (C=O) groups is 2. The number of aromatic nitrogens is 3. The van der Waals surface area contributed by atoms with Crippen LogP contribution in [0.4, 0.5) is 5.95 Å². The van der Waals surface area contributed by atoms with E-state index in [-0.39, 0.29) is 23.5 Å². The summed E-state index contributed by atoms with van der Waals surface area (Å²) in [5, 5.41) is 16.7. The topological polar surface area (TPSA) is 139 Å². The molecule has 0 aliphatic carbocycles. The molecule has 1 aromatic carbocycles. The van der Waals surface area contributed by atoms with E-state index in [1.165, 1.54) is 18.2 Å². The van der Waals surface area contributed by atoms with Crippen molar-refractivity contribution in [1.82, 2.24) is 25.2 Å². The number of anilines is 1. The Hall–Kier alpha value is -3.51. The van der Waals surface area contributed by atoms with Gasteiger partial charge in [0.2, 0.25) is 17.7 Å². The van der Waals surface area contributed by atoms with Crippen molar-refractivity contribution < 1.29 is 24.2 Å². The highest BCUT2D eigenvalue weighted by atomic mass is 35.5. The number of halogens is 2. The molecule has 13 heteroatoms. The molecule has 0 unspecified atom stereocenters. The van der Waals surface area contributed by atoms with Gasteiger partial charge in [0.1, 0.15) is 6.04 Å². The van der Waals surface area contributed by atoms with Crippen molar-refractivity contribution >= 4 is 41.0 Å². The summed E-state index contributed by atoms with van der Waals surface area (Å²) < 4.78 is 10.6. The standard InChI is InChI=1S/C28H30Cl2N6O5/c1-15(26(38)34-23(14-37)20-10-24(40-2)31-11-21(20)29)36-13-17-4-3-16(9-19(17)27(36)39)25-22(30)12-32-28(35-25)33-18-5-7-41-8-6-18/h3-4,9-12,15,18,23,37H,5-8,13-14H2,1-2H3,(H,34,38)(H,32,33,35)/t15-,23-/m1/s1. The zero-order valence-corrected chi connectivity index (χ0v) is 24.1. The van der Waals surface area contributed by atoms with Crippen LogP contribution in [0.1, 0.15) is 47.3 Å². The molecule has 0 spiro atoms. The number of hydrogen-bond donors (Lipinski definition) is 3. The van der Waals surface area contributed by atoms with Crippen molar-refractivity contribution in [3.63, 3.8) is 0 Å². The molecule has 2 aliphatic heterocycles. The second-order valence-electron chi connectivity index (χ2n) is 9.89. The first-order valence-electron chi connectivity index (χ1n) is 13.2. The van der Waals surface area contributed by atoms with E-state index in [0.717, 1.165) is 18.4 Å². The van der Waals surface area contributed by atoms with Gasteiger partial charge in [0.25, 0.3) is 5.91 Å². The minimum absolute atomic E-state index is 0.211. The van der Waals surface area contributed by atoms with Crippen LogP contribution in [-0.2, 0) is 16.1 Å². The summed E-state index contributed by atoms with van der Waals surface area (Å²) in [5.41, 5.74) is 2.88. The molecule has 5 rings (SSSR count). The van der Waals surface area contributed by atoms with E-state index in [1.54, 1.807) is 25.3 Å². The van der Waals surface area contributed by atoms with E-state index < -0.39 is 24.6 Å². The third-order valence-electron chi connectivity index (χ3n) is 7.30. The lowest BCUT2D eigenvalue weighted by Crippen LogP contribution is -2.46. The van der Waals surface area contributed by atoms with Crippen LogP contribution >= 0.6 is 23.2 Å². The fraction of sp³-hybridized carbons (Fsp3) is 0.393. The SMILES string of the molecule is COc1cc([C@@H](CO)NC(=O)[C@@H](C)N2Cc3ccc(-c4nc(NC5CCOCC5)ncc4Cl)cc3C2=O)c(Cl)cn1. The van der Waals surface area contributed by atoms with Gasteiger partial charge in [0.15, 0.2) is 0 Å². The van der Waals surface area contributed by atoms with Crippen molar-refractivity contribution in [1.29, 1.82) is 0 Å². The number of benzene rings is 1. The number of carbonyl (C=O) groups excluding carboxylic acids is 2. The molecule has 2 atom stereocenters. The number of ether oxygens (including phenoxy) is 2. The minimum atomic E-state index is -0.826. The summed E-state index contributed by atoms with van der Waals surface area (Å²) >= 11 is 12.7. The maximum atomic E-state index is 13.5. The zero-order valence-electron chi connectivity index (χ0n) is 22.6. The number of aliphatic hydroxyl groups is 1. The number of nitrogens with one attached hydrogen (secondary N) is 2. The van der Waals surface area contributed by atoms with E-state index in [9.17, 15) is 14.7 Å². The number of fused-ring (bicyclic) bond motifs is 1. The highest BCUT2D eigenvalue weighted by Gasteiger charge is 2.35. The first-order valence-corrected chi connectivity index (χ1v) is 14.0. The van der Waals surface area contributed by atoms with Gasteiger partial charge in [0, 0.05) is 54.8 Å². The van der Waals surface area contributed by atoms with E-state index in [1.807, 2.05) is 12.1 Å².